The van der Waals surface area contributed by atoms with Crippen molar-refractivity contribution in [3.63, 3.8) is 0 Å². The van der Waals surface area contributed by atoms with E-state index in [9.17, 15) is 23.1 Å². The highest BCUT2D eigenvalue weighted by atomic mass is 35.5. The van der Waals surface area contributed by atoms with E-state index in [-0.39, 0.29) is 49.8 Å². The minimum Gasteiger partial charge on any atom is -0.385 e. The van der Waals surface area contributed by atoms with Gasteiger partial charge in [-0.1, -0.05) is 12.1 Å². The SMILES string of the molecule is Cl.O=C(C1CNCCO1)N1CCC(O)(c2cccc(C(F)(F)F)c2)CC1. The van der Waals surface area contributed by atoms with Gasteiger partial charge in [-0.25, -0.2) is 0 Å². The Bertz CT molecular complexity index is 628. The van der Waals surface area contributed by atoms with Crippen LogP contribution in [0, 0.1) is 0 Å². The van der Waals surface area contributed by atoms with Crippen LogP contribution >= 0.6 is 12.4 Å². The quantitative estimate of drug-likeness (QED) is 0.804. The van der Waals surface area contributed by atoms with Gasteiger partial charge in [-0.2, -0.15) is 13.2 Å². The van der Waals surface area contributed by atoms with Gasteiger partial charge >= 0.3 is 6.18 Å². The molecule has 5 nitrogen and oxygen atoms in total. The molecule has 1 amide bonds. The maximum absolute atomic E-state index is 12.9. The second-order valence-corrected chi connectivity index (χ2v) is 6.50. The van der Waals surface area contributed by atoms with Crippen LogP contribution in [0.2, 0.25) is 0 Å². The number of benzene rings is 1. The smallest absolute Gasteiger partial charge is 0.385 e. The van der Waals surface area contributed by atoms with Gasteiger partial charge in [0.15, 0.2) is 0 Å². The van der Waals surface area contributed by atoms with Gasteiger partial charge in [-0.15, -0.1) is 12.4 Å². The van der Waals surface area contributed by atoms with E-state index in [4.69, 9.17) is 4.74 Å². The number of amides is 1. The molecule has 2 saturated heterocycles. The molecule has 2 aliphatic rings. The van der Waals surface area contributed by atoms with Gasteiger partial charge in [-0.3, -0.25) is 4.79 Å². The molecule has 0 radical (unpaired) electrons. The second kappa shape index (κ2) is 8.12. The van der Waals surface area contributed by atoms with E-state index in [1.54, 1.807) is 4.90 Å². The number of nitrogens with one attached hydrogen (secondary N) is 1. The molecule has 2 heterocycles. The molecule has 1 unspecified atom stereocenters. The number of hydrogen-bond acceptors (Lipinski definition) is 4. The lowest BCUT2D eigenvalue weighted by atomic mass is 9.83. The van der Waals surface area contributed by atoms with Crippen LogP contribution in [-0.2, 0) is 21.3 Å². The largest absolute Gasteiger partial charge is 0.416 e. The topological polar surface area (TPSA) is 61.8 Å². The van der Waals surface area contributed by atoms with Crippen molar-refractivity contribution in [2.75, 3.05) is 32.8 Å². The molecule has 0 spiro atoms. The third-order valence-corrected chi connectivity index (χ3v) is 4.83. The molecule has 2 fully saturated rings. The predicted octanol–water partition coefficient (Wildman–Crippen LogP) is 1.93. The summed E-state index contributed by atoms with van der Waals surface area (Å²) >= 11 is 0. The zero-order valence-corrected chi connectivity index (χ0v) is 14.9. The third-order valence-electron chi connectivity index (χ3n) is 4.83. The molecule has 9 heteroatoms. The summed E-state index contributed by atoms with van der Waals surface area (Å²) < 4.78 is 44.1. The highest BCUT2D eigenvalue weighted by molar-refractivity contribution is 5.85. The number of hydrogen-bond donors (Lipinski definition) is 2. The highest BCUT2D eigenvalue weighted by Gasteiger charge is 2.39. The number of alkyl halides is 3. The fraction of sp³-hybridized carbons (Fsp3) is 0.588. The normalized spacial score (nSPS) is 23.2. The van der Waals surface area contributed by atoms with Crippen LogP contribution in [0.15, 0.2) is 24.3 Å². The molecule has 1 atom stereocenters. The van der Waals surface area contributed by atoms with Gasteiger partial charge in [0.1, 0.15) is 6.10 Å². The third kappa shape index (κ3) is 4.49. The zero-order valence-electron chi connectivity index (χ0n) is 14.1. The molecule has 0 aromatic heterocycles. The van der Waals surface area contributed by atoms with Crippen molar-refractivity contribution in [3.8, 4) is 0 Å². The Labute approximate surface area is 155 Å². The average Bonchev–Trinajstić information content (AvgIpc) is 2.62. The predicted molar refractivity (Wildman–Crippen MR) is 91.0 cm³/mol. The van der Waals surface area contributed by atoms with Crippen LogP contribution < -0.4 is 5.32 Å². The van der Waals surface area contributed by atoms with Gasteiger partial charge in [0.25, 0.3) is 5.91 Å². The number of halogens is 4. The average molecular weight is 395 g/mol. The molecule has 2 N–H and O–H groups in total. The lowest BCUT2D eigenvalue weighted by molar-refractivity contribution is -0.149. The van der Waals surface area contributed by atoms with Crippen LogP contribution in [-0.4, -0.2) is 54.8 Å². The van der Waals surface area contributed by atoms with E-state index in [0.29, 0.717) is 19.7 Å². The molecule has 1 aromatic rings. The molecule has 0 bridgehead atoms. The highest BCUT2D eigenvalue weighted by Crippen LogP contribution is 2.36. The number of ether oxygens (including phenoxy) is 1. The summed E-state index contributed by atoms with van der Waals surface area (Å²) in [6.45, 7) is 2.20. The Hall–Kier alpha value is -1.35. The van der Waals surface area contributed by atoms with Crippen LogP contribution in [0.1, 0.15) is 24.0 Å². The second-order valence-electron chi connectivity index (χ2n) is 6.50. The summed E-state index contributed by atoms with van der Waals surface area (Å²) in [5, 5.41) is 13.9. The number of likely N-dealkylation sites (tertiary alicyclic amines) is 1. The molecule has 0 aliphatic carbocycles. The Kier molecular flexibility index (Phi) is 6.55. The van der Waals surface area contributed by atoms with E-state index >= 15 is 0 Å². The minimum absolute atomic E-state index is 0. The summed E-state index contributed by atoms with van der Waals surface area (Å²) in [6, 6.07) is 4.78. The number of piperidine rings is 1. The maximum atomic E-state index is 12.9. The van der Waals surface area contributed by atoms with Crippen molar-refractivity contribution in [1.82, 2.24) is 10.2 Å². The molecule has 1 aromatic carbocycles. The van der Waals surface area contributed by atoms with Gasteiger partial charge in [0, 0.05) is 26.2 Å². The van der Waals surface area contributed by atoms with Crippen LogP contribution in [0.25, 0.3) is 0 Å². The fourth-order valence-corrected chi connectivity index (χ4v) is 3.30. The summed E-state index contributed by atoms with van der Waals surface area (Å²) in [4.78, 5) is 14.0. The Balaban J connectivity index is 0.00000243. The molecule has 0 saturated carbocycles. The first-order valence-corrected chi connectivity index (χ1v) is 8.31. The monoisotopic (exact) mass is 394 g/mol. The lowest BCUT2D eigenvalue weighted by Gasteiger charge is -2.40. The number of aliphatic hydroxyl groups is 1. The molecule has 26 heavy (non-hydrogen) atoms. The summed E-state index contributed by atoms with van der Waals surface area (Å²) in [6.07, 6.45) is -4.59. The molecular weight excluding hydrogens is 373 g/mol. The first-order chi connectivity index (χ1) is 11.8. The van der Waals surface area contributed by atoms with Crippen molar-refractivity contribution in [1.29, 1.82) is 0 Å². The van der Waals surface area contributed by atoms with Crippen LogP contribution in [0.4, 0.5) is 13.2 Å². The van der Waals surface area contributed by atoms with E-state index in [0.717, 1.165) is 12.1 Å². The van der Waals surface area contributed by atoms with Crippen molar-refractivity contribution in [2.45, 2.75) is 30.7 Å². The van der Waals surface area contributed by atoms with E-state index in [2.05, 4.69) is 5.32 Å². The van der Waals surface area contributed by atoms with Crippen LogP contribution in [0.3, 0.4) is 0 Å². The molecular formula is C17H22ClF3N2O3. The number of carbonyl (C=O) groups is 1. The van der Waals surface area contributed by atoms with Crippen molar-refractivity contribution < 1.29 is 27.8 Å². The van der Waals surface area contributed by atoms with Crippen LogP contribution in [0.5, 0.6) is 0 Å². The van der Waals surface area contributed by atoms with E-state index in [1.807, 2.05) is 0 Å². The lowest BCUT2D eigenvalue weighted by Crippen LogP contribution is -2.53. The number of carbonyl (C=O) groups excluding carboxylic acids is 1. The van der Waals surface area contributed by atoms with E-state index < -0.39 is 23.4 Å². The summed E-state index contributed by atoms with van der Waals surface area (Å²) in [5.74, 6) is -0.140. The Morgan fingerprint density at radius 3 is 2.58 bits per heavy atom. The molecule has 146 valence electrons. The van der Waals surface area contributed by atoms with Gasteiger partial charge < -0.3 is 20.1 Å². The first-order valence-electron chi connectivity index (χ1n) is 8.31. The number of rotatable bonds is 2. The number of nitrogens with zero attached hydrogens (tertiary/aromatic N) is 1. The summed E-state index contributed by atoms with van der Waals surface area (Å²) in [5.41, 5.74) is -1.90. The van der Waals surface area contributed by atoms with E-state index in [1.165, 1.54) is 12.1 Å². The van der Waals surface area contributed by atoms with Crippen molar-refractivity contribution >= 4 is 18.3 Å². The standard InChI is InChI=1S/C17H21F3N2O3.ClH/c18-17(19,20)13-3-1-2-12(10-13)16(24)4-7-22(8-5-16)15(23)14-11-21-6-9-25-14;/h1-3,10,14,21,24H,4-9,11H2;1H. The fourth-order valence-electron chi connectivity index (χ4n) is 3.30. The summed E-state index contributed by atoms with van der Waals surface area (Å²) in [7, 11) is 0. The minimum atomic E-state index is -4.45. The maximum Gasteiger partial charge on any atom is 0.416 e. The van der Waals surface area contributed by atoms with Gasteiger partial charge in [-0.05, 0) is 30.5 Å². The molecule has 3 rings (SSSR count). The first kappa shape index (κ1) is 21.0. The van der Waals surface area contributed by atoms with Gasteiger partial charge in [0.2, 0.25) is 0 Å². The van der Waals surface area contributed by atoms with Crippen molar-refractivity contribution in [3.05, 3.63) is 35.4 Å². The Morgan fingerprint density at radius 2 is 2.00 bits per heavy atom. The molecule has 2 aliphatic heterocycles. The zero-order chi connectivity index (χ0) is 18.1. The Morgan fingerprint density at radius 1 is 1.31 bits per heavy atom. The van der Waals surface area contributed by atoms with Crippen molar-refractivity contribution in [2.24, 2.45) is 0 Å². The van der Waals surface area contributed by atoms with Gasteiger partial charge in [0.05, 0.1) is 17.8 Å². The number of morpholine rings is 1.